The van der Waals surface area contributed by atoms with E-state index in [1.54, 1.807) is 31.2 Å². The van der Waals surface area contributed by atoms with Gasteiger partial charge in [0.1, 0.15) is 28.3 Å². The number of ether oxygens (including phenoxy) is 2. The number of aromatic nitrogens is 4. The van der Waals surface area contributed by atoms with Crippen molar-refractivity contribution in [1.29, 1.82) is 0 Å². The first-order chi connectivity index (χ1) is 23.4. The van der Waals surface area contributed by atoms with E-state index in [-0.39, 0.29) is 62.5 Å². The second-order valence-corrected chi connectivity index (χ2v) is 12.3. The molecule has 254 valence electrons. The van der Waals surface area contributed by atoms with Gasteiger partial charge in [-0.05, 0) is 56.2 Å². The number of carbonyl (C=O) groups is 2. The fourth-order valence-corrected chi connectivity index (χ4v) is 5.97. The molecule has 1 fully saturated rings. The molecule has 6 rings (SSSR count). The molecule has 1 saturated carbocycles. The Morgan fingerprint density at radius 1 is 1.12 bits per heavy atom. The summed E-state index contributed by atoms with van der Waals surface area (Å²) in [5.41, 5.74) is 3.90. The van der Waals surface area contributed by atoms with Crippen molar-refractivity contribution >= 4 is 45.9 Å². The zero-order chi connectivity index (χ0) is 35.0. The van der Waals surface area contributed by atoms with Crippen molar-refractivity contribution in [3.63, 3.8) is 0 Å². The van der Waals surface area contributed by atoms with Crippen LogP contribution in [0.3, 0.4) is 0 Å². The number of aliphatic hydroxyl groups is 1. The van der Waals surface area contributed by atoms with E-state index >= 15 is 0 Å². The second-order valence-electron chi connectivity index (χ2n) is 11.5. The Kier molecular flexibility index (Phi) is 9.43. The van der Waals surface area contributed by atoms with Gasteiger partial charge in [-0.15, -0.1) is 0 Å². The topological polar surface area (TPSA) is 154 Å². The maximum Gasteiger partial charge on any atom is 0.251 e. The standard InChI is InChI=1S/C34H30Cl2F2N6O5/c1-3-49-32-17(12-28(39)45)11-25(41-31(32)22-5-4-6-23(35)29(22)36)34(47,20-13-26(37)42-27(38)14-20)16-40-33(46)18-9-19-15-44(21-7-8-21)43-30(19)24(10-18)48-2/h4-6,9-11,13-15,21,47H,3,7-8,12,16H2,1-2H3,(H2,39,45)(H,40,46)/t34-/m1/s1. The lowest BCUT2D eigenvalue weighted by Gasteiger charge is -2.30. The lowest BCUT2D eigenvalue weighted by molar-refractivity contribution is -0.117. The quantitative estimate of drug-likeness (QED) is 0.143. The third-order valence-corrected chi connectivity index (χ3v) is 8.89. The van der Waals surface area contributed by atoms with E-state index in [0.717, 1.165) is 25.0 Å². The molecule has 2 aromatic carbocycles. The number of carbonyl (C=O) groups excluding carboxylic acids is 2. The van der Waals surface area contributed by atoms with Gasteiger partial charge in [0, 0.05) is 33.8 Å². The number of methoxy groups -OCH3 is 1. The molecule has 1 atom stereocenters. The van der Waals surface area contributed by atoms with Crippen molar-refractivity contribution in [3.8, 4) is 22.8 Å². The van der Waals surface area contributed by atoms with E-state index in [1.807, 2.05) is 10.9 Å². The summed E-state index contributed by atoms with van der Waals surface area (Å²) >= 11 is 12.9. The molecule has 0 saturated heterocycles. The van der Waals surface area contributed by atoms with Gasteiger partial charge in [0.2, 0.25) is 17.8 Å². The van der Waals surface area contributed by atoms with E-state index in [2.05, 4.69) is 20.4 Å². The molecule has 11 nitrogen and oxygen atoms in total. The summed E-state index contributed by atoms with van der Waals surface area (Å²) < 4.78 is 42.4. The second kappa shape index (κ2) is 13.6. The summed E-state index contributed by atoms with van der Waals surface area (Å²) in [5, 5.41) is 20.6. The molecule has 3 heterocycles. The first kappa shape index (κ1) is 34.0. The number of fused-ring (bicyclic) bond motifs is 1. The molecule has 0 unspecified atom stereocenters. The summed E-state index contributed by atoms with van der Waals surface area (Å²) in [7, 11) is 1.46. The van der Waals surface area contributed by atoms with Gasteiger partial charge in [0.15, 0.2) is 0 Å². The van der Waals surface area contributed by atoms with Crippen LogP contribution >= 0.6 is 23.2 Å². The average molecular weight is 712 g/mol. The van der Waals surface area contributed by atoms with Crippen LogP contribution in [0, 0.1) is 11.9 Å². The van der Waals surface area contributed by atoms with E-state index in [9.17, 15) is 23.5 Å². The van der Waals surface area contributed by atoms with Gasteiger partial charge in [0.05, 0.1) is 48.5 Å². The summed E-state index contributed by atoms with van der Waals surface area (Å²) in [6, 6.07) is 11.1. The largest absolute Gasteiger partial charge is 0.494 e. The summed E-state index contributed by atoms with van der Waals surface area (Å²) in [5.74, 6) is -3.36. The zero-order valence-electron chi connectivity index (χ0n) is 26.3. The van der Waals surface area contributed by atoms with E-state index < -0.39 is 35.9 Å². The molecule has 4 N–H and O–H groups in total. The lowest BCUT2D eigenvalue weighted by Crippen LogP contribution is -2.42. The molecule has 0 spiro atoms. The van der Waals surface area contributed by atoms with Gasteiger partial charge in [-0.25, -0.2) is 4.98 Å². The minimum absolute atomic E-state index is 0.0608. The molecule has 0 bridgehead atoms. The number of nitrogens with one attached hydrogen (secondary N) is 1. The van der Waals surface area contributed by atoms with Crippen LogP contribution in [0.5, 0.6) is 11.5 Å². The lowest BCUT2D eigenvalue weighted by atomic mass is 9.88. The van der Waals surface area contributed by atoms with Crippen LogP contribution in [0.25, 0.3) is 22.2 Å². The van der Waals surface area contributed by atoms with Gasteiger partial charge in [-0.1, -0.05) is 35.3 Å². The Morgan fingerprint density at radius 3 is 2.51 bits per heavy atom. The fraction of sp³-hybridized carbons (Fsp3) is 0.265. The van der Waals surface area contributed by atoms with Crippen molar-refractivity contribution < 1.29 is 33.0 Å². The molecule has 0 aliphatic heterocycles. The Balaban J connectivity index is 1.48. The molecule has 49 heavy (non-hydrogen) atoms. The molecular weight excluding hydrogens is 681 g/mol. The Morgan fingerprint density at radius 2 is 1.86 bits per heavy atom. The van der Waals surface area contributed by atoms with Crippen molar-refractivity contribution in [2.24, 2.45) is 5.73 Å². The molecular formula is C34H30Cl2F2N6O5. The number of nitrogens with zero attached hydrogens (tertiary/aromatic N) is 4. The highest BCUT2D eigenvalue weighted by atomic mass is 35.5. The smallest absolute Gasteiger partial charge is 0.251 e. The van der Waals surface area contributed by atoms with Crippen LogP contribution < -0.4 is 20.5 Å². The average Bonchev–Trinajstić information content (AvgIpc) is 3.82. The molecule has 1 aliphatic rings. The predicted molar refractivity (Wildman–Crippen MR) is 178 cm³/mol. The SMILES string of the molecule is CCOc1c(CC(N)=O)cc([C@@](O)(CNC(=O)c2cc(OC)c3nn(C4CC4)cc3c2)c2cc(F)nc(F)c2)nc1-c1cccc(Cl)c1Cl. The Bertz CT molecular complexity index is 2090. The maximum absolute atomic E-state index is 14.6. The highest BCUT2D eigenvalue weighted by Crippen LogP contribution is 2.42. The van der Waals surface area contributed by atoms with Crippen LogP contribution in [0.2, 0.25) is 10.0 Å². The van der Waals surface area contributed by atoms with E-state index in [0.29, 0.717) is 22.7 Å². The Labute approximate surface area is 289 Å². The fourth-order valence-electron chi connectivity index (χ4n) is 5.58. The van der Waals surface area contributed by atoms with Gasteiger partial charge >= 0.3 is 0 Å². The number of benzene rings is 2. The van der Waals surface area contributed by atoms with Crippen LogP contribution in [0.15, 0.2) is 54.7 Å². The summed E-state index contributed by atoms with van der Waals surface area (Å²) in [4.78, 5) is 33.7. The first-order valence-electron chi connectivity index (χ1n) is 15.2. The first-order valence-corrected chi connectivity index (χ1v) is 16.0. The van der Waals surface area contributed by atoms with Crippen LogP contribution in [0.4, 0.5) is 8.78 Å². The minimum Gasteiger partial charge on any atom is -0.494 e. The normalized spacial score (nSPS) is 14.0. The number of hydrogen-bond donors (Lipinski definition) is 3. The zero-order valence-corrected chi connectivity index (χ0v) is 27.8. The minimum atomic E-state index is -2.41. The van der Waals surface area contributed by atoms with Gasteiger partial charge < -0.3 is 25.6 Å². The number of pyridine rings is 2. The van der Waals surface area contributed by atoms with Gasteiger partial charge in [0.25, 0.3) is 5.91 Å². The number of nitrogens with two attached hydrogens (primary N) is 1. The third kappa shape index (κ3) is 6.87. The van der Waals surface area contributed by atoms with Gasteiger partial charge in [-0.3, -0.25) is 14.3 Å². The van der Waals surface area contributed by atoms with E-state index in [1.165, 1.54) is 19.2 Å². The molecule has 5 aromatic rings. The van der Waals surface area contributed by atoms with Crippen LogP contribution in [-0.4, -0.2) is 56.9 Å². The number of primary amides is 1. The molecule has 15 heteroatoms. The molecule has 0 radical (unpaired) electrons. The summed E-state index contributed by atoms with van der Waals surface area (Å²) in [6.07, 6.45) is 3.47. The highest BCUT2D eigenvalue weighted by molar-refractivity contribution is 6.43. The maximum atomic E-state index is 14.6. The van der Waals surface area contributed by atoms with Crippen molar-refractivity contribution in [2.75, 3.05) is 20.3 Å². The number of halogens is 4. The van der Waals surface area contributed by atoms with Crippen molar-refractivity contribution in [3.05, 3.63) is 99.1 Å². The Hall–Kier alpha value is -4.85. The highest BCUT2D eigenvalue weighted by Gasteiger charge is 2.37. The molecule has 2 amide bonds. The monoisotopic (exact) mass is 710 g/mol. The van der Waals surface area contributed by atoms with Gasteiger partial charge in [-0.2, -0.15) is 18.9 Å². The number of amides is 2. The predicted octanol–water partition coefficient (Wildman–Crippen LogP) is 5.51. The number of rotatable bonds is 12. The van der Waals surface area contributed by atoms with Crippen LogP contribution in [0.1, 0.15) is 53.0 Å². The van der Waals surface area contributed by atoms with Crippen LogP contribution in [-0.2, 0) is 16.8 Å². The number of hydrogen-bond acceptors (Lipinski definition) is 8. The summed E-state index contributed by atoms with van der Waals surface area (Å²) in [6.45, 7) is 1.21. The van der Waals surface area contributed by atoms with Crippen molar-refractivity contribution in [2.45, 2.75) is 37.8 Å². The molecule has 3 aromatic heterocycles. The van der Waals surface area contributed by atoms with E-state index in [4.69, 9.17) is 38.4 Å². The van der Waals surface area contributed by atoms with Crippen molar-refractivity contribution in [1.82, 2.24) is 25.1 Å². The molecule has 1 aliphatic carbocycles. The third-order valence-electron chi connectivity index (χ3n) is 8.07.